The fourth-order valence-corrected chi connectivity index (χ4v) is 0.655. The molecule has 0 rings (SSSR count). The van der Waals surface area contributed by atoms with E-state index in [4.69, 9.17) is 15.3 Å². The molecule has 0 aliphatic rings. The van der Waals surface area contributed by atoms with Crippen LogP contribution in [0.1, 0.15) is 19.3 Å². The topological polar surface area (TPSA) is 138 Å². The summed E-state index contributed by atoms with van der Waals surface area (Å²) in [5.74, 6) is -3.79. The summed E-state index contributed by atoms with van der Waals surface area (Å²) in [6, 6.07) is 0. The summed E-state index contributed by atoms with van der Waals surface area (Å²) in [6.45, 7) is 6.46. The molecule has 0 spiro atoms. The molecule has 0 amide bonds. The summed E-state index contributed by atoms with van der Waals surface area (Å²) >= 11 is 0. The van der Waals surface area contributed by atoms with Gasteiger partial charge in [0.25, 0.3) is 0 Å². The van der Waals surface area contributed by atoms with Gasteiger partial charge in [-0.05, 0) is 0 Å². The number of carbonyl (C=O) groups excluding carboxylic acids is 1. The van der Waals surface area contributed by atoms with Crippen LogP contribution in [0.2, 0.25) is 0 Å². The van der Waals surface area contributed by atoms with Crippen LogP contribution in [0.5, 0.6) is 0 Å². The van der Waals surface area contributed by atoms with E-state index >= 15 is 0 Å². The van der Waals surface area contributed by atoms with E-state index in [9.17, 15) is 19.2 Å². The van der Waals surface area contributed by atoms with E-state index in [0.717, 1.165) is 6.08 Å². The molecule has 20 heavy (non-hydrogen) atoms. The van der Waals surface area contributed by atoms with E-state index < -0.39 is 23.9 Å². The second-order valence-corrected chi connectivity index (χ2v) is 3.32. The van der Waals surface area contributed by atoms with Crippen LogP contribution in [-0.4, -0.2) is 45.8 Å². The highest BCUT2D eigenvalue weighted by Gasteiger charge is 2.04. The van der Waals surface area contributed by atoms with Crippen LogP contribution < -0.4 is 0 Å². The second-order valence-electron chi connectivity index (χ2n) is 3.32. The van der Waals surface area contributed by atoms with Gasteiger partial charge in [0.15, 0.2) is 0 Å². The number of hydrogen-bond acceptors (Lipinski definition) is 5. The molecule has 0 aliphatic heterocycles. The van der Waals surface area contributed by atoms with Gasteiger partial charge in [-0.25, -0.2) is 9.59 Å². The minimum absolute atomic E-state index is 0.0202. The van der Waals surface area contributed by atoms with Crippen molar-refractivity contribution in [3.8, 4) is 0 Å². The number of ether oxygens (including phenoxy) is 1. The predicted molar refractivity (Wildman–Crippen MR) is 67.1 cm³/mol. The third-order valence-electron chi connectivity index (χ3n) is 1.67. The standard InChI is InChI=1S/C8H10O4.C4H6O4/c1-3-7(9)12-5-4-6(2)8(10)11;5-3(6)1-2-4(7)8/h3H,1-2,4-5H2,(H,10,11);1-2H2,(H,5,6)(H,7,8). The largest absolute Gasteiger partial charge is 0.481 e. The Balaban J connectivity index is 0. The van der Waals surface area contributed by atoms with Crippen LogP contribution >= 0.6 is 0 Å². The lowest BCUT2D eigenvalue weighted by atomic mass is 10.2. The molecule has 0 bridgehead atoms. The monoisotopic (exact) mass is 288 g/mol. The quantitative estimate of drug-likeness (QED) is 0.438. The lowest BCUT2D eigenvalue weighted by molar-refractivity contribution is -0.143. The smallest absolute Gasteiger partial charge is 0.331 e. The maximum Gasteiger partial charge on any atom is 0.331 e. The van der Waals surface area contributed by atoms with E-state index in [-0.39, 0.29) is 31.4 Å². The summed E-state index contributed by atoms with van der Waals surface area (Å²) < 4.78 is 4.53. The number of rotatable bonds is 8. The Labute approximate surface area is 115 Å². The summed E-state index contributed by atoms with van der Waals surface area (Å²) in [5.41, 5.74) is 0.0202. The first-order chi connectivity index (χ1) is 9.20. The first kappa shape index (κ1) is 19.7. The zero-order valence-corrected chi connectivity index (χ0v) is 10.7. The van der Waals surface area contributed by atoms with E-state index in [1.165, 1.54) is 0 Å². The third-order valence-corrected chi connectivity index (χ3v) is 1.67. The van der Waals surface area contributed by atoms with Gasteiger partial charge in [-0.1, -0.05) is 13.2 Å². The van der Waals surface area contributed by atoms with Gasteiger partial charge in [0, 0.05) is 18.1 Å². The first-order valence-corrected chi connectivity index (χ1v) is 5.34. The maximum atomic E-state index is 10.4. The molecular formula is C12H16O8. The zero-order chi connectivity index (χ0) is 16.1. The molecule has 0 radical (unpaired) electrons. The molecule has 0 saturated heterocycles. The normalized spacial score (nSPS) is 8.60. The van der Waals surface area contributed by atoms with Gasteiger partial charge < -0.3 is 20.1 Å². The Kier molecular flexibility index (Phi) is 11.3. The summed E-state index contributed by atoms with van der Waals surface area (Å²) in [4.78, 5) is 39.9. The van der Waals surface area contributed by atoms with Crippen molar-refractivity contribution in [2.75, 3.05) is 6.61 Å². The number of carboxylic acid groups (broad SMARTS) is 3. The molecule has 0 aliphatic carbocycles. The molecule has 8 nitrogen and oxygen atoms in total. The molecule has 0 aromatic rings. The number of aliphatic carboxylic acids is 3. The Bertz CT molecular complexity index is 382. The third kappa shape index (κ3) is 15.4. The molecule has 0 aromatic heterocycles. The highest BCUT2D eigenvalue weighted by molar-refractivity contribution is 5.86. The first-order valence-electron chi connectivity index (χ1n) is 5.34. The van der Waals surface area contributed by atoms with Gasteiger partial charge in [-0.3, -0.25) is 9.59 Å². The molecular weight excluding hydrogens is 272 g/mol. The lowest BCUT2D eigenvalue weighted by Crippen LogP contribution is -2.06. The average molecular weight is 288 g/mol. The lowest BCUT2D eigenvalue weighted by Gasteiger charge is -2.00. The van der Waals surface area contributed by atoms with E-state index in [1.807, 2.05) is 0 Å². The molecule has 0 atom stereocenters. The fraction of sp³-hybridized carbons (Fsp3) is 0.333. The van der Waals surface area contributed by atoms with Gasteiger partial charge in [0.2, 0.25) is 0 Å². The average Bonchev–Trinajstić information content (AvgIpc) is 2.36. The Morgan fingerprint density at radius 3 is 1.70 bits per heavy atom. The number of hydrogen-bond donors (Lipinski definition) is 3. The molecule has 112 valence electrons. The van der Waals surface area contributed by atoms with E-state index in [1.54, 1.807) is 0 Å². The van der Waals surface area contributed by atoms with Crippen LogP contribution in [-0.2, 0) is 23.9 Å². The van der Waals surface area contributed by atoms with E-state index in [0.29, 0.717) is 0 Å². The van der Waals surface area contributed by atoms with Crippen LogP contribution in [0.15, 0.2) is 24.8 Å². The van der Waals surface area contributed by atoms with Crippen LogP contribution in [0.3, 0.4) is 0 Å². The molecule has 0 aromatic carbocycles. The van der Waals surface area contributed by atoms with Crippen molar-refractivity contribution in [2.24, 2.45) is 0 Å². The highest BCUT2D eigenvalue weighted by atomic mass is 16.5. The fourth-order valence-electron chi connectivity index (χ4n) is 0.655. The van der Waals surface area contributed by atoms with Crippen molar-refractivity contribution in [3.63, 3.8) is 0 Å². The zero-order valence-electron chi connectivity index (χ0n) is 10.7. The van der Waals surface area contributed by atoms with Crippen molar-refractivity contribution in [1.82, 2.24) is 0 Å². The molecule has 8 heteroatoms. The van der Waals surface area contributed by atoms with E-state index in [2.05, 4.69) is 17.9 Å². The molecule has 0 saturated carbocycles. The minimum Gasteiger partial charge on any atom is -0.481 e. The summed E-state index contributed by atoms with van der Waals surface area (Å²) in [7, 11) is 0. The van der Waals surface area contributed by atoms with Gasteiger partial charge in [0.1, 0.15) is 0 Å². The minimum atomic E-state index is -1.08. The van der Waals surface area contributed by atoms with Crippen molar-refractivity contribution in [3.05, 3.63) is 24.8 Å². The Hall–Kier alpha value is -2.64. The van der Waals surface area contributed by atoms with Crippen molar-refractivity contribution in [1.29, 1.82) is 0 Å². The maximum absolute atomic E-state index is 10.4. The second kappa shape index (κ2) is 11.5. The molecule has 0 unspecified atom stereocenters. The summed E-state index contributed by atoms with van der Waals surface area (Å²) in [5, 5.41) is 24.1. The SMILES string of the molecule is C=CC(=O)OCCC(=C)C(=O)O.O=C(O)CCC(=O)O. The van der Waals surface area contributed by atoms with Crippen LogP contribution in [0.25, 0.3) is 0 Å². The van der Waals surface area contributed by atoms with Crippen molar-refractivity contribution in [2.45, 2.75) is 19.3 Å². The number of carbonyl (C=O) groups is 4. The predicted octanol–water partition coefficient (Wildman–Crippen LogP) is 0.682. The molecule has 0 heterocycles. The van der Waals surface area contributed by atoms with Crippen LogP contribution in [0, 0.1) is 0 Å². The van der Waals surface area contributed by atoms with Gasteiger partial charge in [-0.15, -0.1) is 0 Å². The Morgan fingerprint density at radius 2 is 1.40 bits per heavy atom. The molecule has 0 fully saturated rings. The van der Waals surface area contributed by atoms with Crippen molar-refractivity contribution < 1.29 is 39.2 Å². The Morgan fingerprint density at radius 1 is 0.950 bits per heavy atom. The van der Waals surface area contributed by atoms with Crippen molar-refractivity contribution >= 4 is 23.9 Å². The number of esters is 1. The van der Waals surface area contributed by atoms with Gasteiger partial charge in [0.05, 0.1) is 19.4 Å². The number of carboxylic acids is 3. The summed E-state index contributed by atoms with van der Waals surface area (Å²) in [6.07, 6.45) is 0.559. The van der Waals surface area contributed by atoms with Gasteiger partial charge >= 0.3 is 23.9 Å². The van der Waals surface area contributed by atoms with Crippen LogP contribution in [0.4, 0.5) is 0 Å². The highest BCUT2D eigenvalue weighted by Crippen LogP contribution is 1.97. The molecule has 3 N–H and O–H groups in total. The van der Waals surface area contributed by atoms with Gasteiger partial charge in [-0.2, -0.15) is 0 Å².